The van der Waals surface area contributed by atoms with Crippen LogP contribution in [0.4, 0.5) is 5.69 Å². The van der Waals surface area contributed by atoms with Crippen LogP contribution in [-0.4, -0.2) is 25.2 Å². The molecule has 106 valence electrons. The van der Waals surface area contributed by atoms with Gasteiger partial charge < -0.3 is 10.1 Å². The molecule has 0 aliphatic carbocycles. The molecule has 20 heavy (non-hydrogen) atoms. The first kappa shape index (κ1) is 14.6. The third-order valence-electron chi connectivity index (χ3n) is 2.81. The average molecular weight is 292 g/mol. The van der Waals surface area contributed by atoms with Gasteiger partial charge in [0.2, 0.25) is 0 Å². The van der Waals surface area contributed by atoms with E-state index >= 15 is 0 Å². The number of para-hydroxylation sites is 1. The molecule has 2 rings (SSSR count). The van der Waals surface area contributed by atoms with Crippen LogP contribution in [0.1, 0.15) is 4.88 Å². The first-order valence-electron chi connectivity index (χ1n) is 6.24. The van der Waals surface area contributed by atoms with Crippen LogP contribution in [0.25, 0.3) is 10.4 Å². The van der Waals surface area contributed by atoms with Crippen molar-refractivity contribution in [3.63, 3.8) is 0 Å². The van der Waals surface area contributed by atoms with Crippen LogP contribution in [0.5, 0.6) is 0 Å². The smallest absolute Gasteiger partial charge is 0.278 e. The van der Waals surface area contributed by atoms with Gasteiger partial charge in [0.05, 0.1) is 17.1 Å². The van der Waals surface area contributed by atoms with Crippen molar-refractivity contribution < 1.29 is 9.66 Å². The van der Waals surface area contributed by atoms with Gasteiger partial charge in [0.1, 0.15) is 0 Å². The average Bonchev–Trinajstić information content (AvgIpc) is 2.92. The molecule has 0 unspecified atom stereocenters. The van der Waals surface area contributed by atoms with E-state index in [2.05, 4.69) is 5.32 Å². The van der Waals surface area contributed by atoms with Gasteiger partial charge >= 0.3 is 0 Å². The fourth-order valence-corrected chi connectivity index (χ4v) is 2.86. The Morgan fingerprint density at radius 2 is 2.10 bits per heavy atom. The second kappa shape index (κ2) is 7.14. The predicted octanol–water partition coefficient (Wildman–Crippen LogP) is 3.06. The summed E-state index contributed by atoms with van der Waals surface area (Å²) in [7, 11) is 1.67. The van der Waals surface area contributed by atoms with Crippen LogP contribution in [0.3, 0.4) is 0 Å². The van der Waals surface area contributed by atoms with Gasteiger partial charge in [0.25, 0.3) is 5.69 Å². The first-order valence-corrected chi connectivity index (χ1v) is 7.06. The summed E-state index contributed by atoms with van der Waals surface area (Å²) in [6.07, 6.45) is 0. The fourth-order valence-electron chi connectivity index (χ4n) is 1.84. The van der Waals surface area contributed by atoms with Crippen LogP contribution >= 0.6 is 11.3 Å². The SMILES string of the molecule is COCCNCc1ccc(-c2ccccc2[N+](=O)[O-])s1. The zero-order valence-electron chi connectivity index (χ0n) is 11.2. The van der Waals surface area contributed by atoms with Crippen LogP contribution in [0.2, 0.25) is 0 Å². The van der Waals surface area contributed by atoms with Crippen molar-refractivity contribution in [2.75, 3.05) is 20.3 Å². The number of rotatable bonds is 7. The number of nitrogens with zero attached hydrogens (tertiary/aromatic N) is 1. The zero-order chi connectivity index (χ0) is 14.4. The van der Waals surface area contributed by atoms with E-state index in [9.17, 15) is 10.1 Å². The molecule has 1 aromatic heterocycles. The Morgan fingerprint density at radius 1 is 1.30 bits per heavy atom. The molecule has 0 spiro atoms. The molecule has 2 aromatic rings. The Kier molecular flexibility index (Phi) is 5.23. The van der Waals surface area contributed by atoms with Gasteiger partial charge in [-0.05, 0) is 18.2 Å². The number of hydrogen-bond donors (Lipinski definition) is 1. The lowest BCUT2D eigenvalue weighted by Gasteiger charge is -2.01. The molecule has 0 fully saturated rings. The molecule has 0 atom stereocenters. The Labute approximate surface area is 121 Å². The number of nitro groups is 1. The molecule has 0 aliphatic rings. The Hall–Kier alpha value is -1.76. The Balaban J connectivity index is 2.11. The highest BCUT2D eigenvalue weighted by atomic mass is 32.1. The molecule has 1 N–H and O–H groups in total. The zero-order valence-corrected chi connectivity index (χ0v) is 12.0. The minimum absolute atomic E-state index is 0.147. The number of nitrogens with one attached hydrogen (secondary N) is 1. The van der Waals surface area contributed by atoms with E-state index in [1.807, 2.05) is 18.2 Å². The Morgan fingerprint density at radius 3 is 2.85 bits per heavy atom. The molecule has 5 nitrogen and oxygen atoms in total. The highest BCUT2D eigenvalue weighted by molar-refractivity contribution is 7.15. The topological polar surface area (TPSA) is 64.4 Å². The van der Waals surface area contributed by atoms with Gasteiger partial charge in [0, 0.05) is 36.0 Å². The quantitative estimate of drug-likeness (QED) is 0.484. The van der Waals surface area contributed by atoms with Gasteiger partial charge in [-0.25, -0.2) is 0 Å². The number of thiophene rings is 1. The number of nitro benzene ring substituents is 1. The highest BCUT2D eigenvalue weighted by Crippen LogP contribution is 2.34. The van der Waals surface area contributed by atoms with Crippen LogP contribution in [0, 0.1) is 10.1 Å². The van der Waals surface area contributed by atoms with Gasteiger partial charge in [-0.3, -0.25) is 10.1 Å². The number of hydrogen-bond acceptors (Lipinski definition) is 5. The molecule has 0 bridgehead atoms. The molecule has 1 heterocycles. The van der Waals surface area contributed by atoms with Crippen molar-refractivity contribution in [3.8, 4) is 10.4 Å². The van der Waals surface area contributed by atoms with Gasteiger partial charge in [-0.2, -0.15) is 0 Å². The van der Waals surface area contributed by atoms with Crippen molar-refractivity contribution in [2.24, 2.45) is 0 Å². The standard InChI is InChI=1S/C14H16N2O3S/c1-19-9-8-15-10-11-6-7-14(20-11)12-4-2-3-5-13(12)16(17)18/h2-7,15H,8-10H2,1H3. The maximum Gasteiger partial charge on any atom is 0.278 e. The van der Waals surface area contributed by atoms with Crippen molar-refractivity contribution in [1.29, 1.82) is 0 Å². The van der Waals surface area contributed by atoms with Crippen LogP contribution in [-0.2, 0) is 11.3 Å². The lowest BCUT2D eigenvalue weighted by Crippen LogP contribution is -2.17. The first-order chi connectivity index (χ1) is 9.72. The summed E-state index contributed by atoms with van der Waals surface area (Å²) in [4.78, 5) is 12.8. The largest absolute Gasteiger partial charge is 0.383 e. The van der Waals surface area contributed by atoms with E-state index in [1.54, 1.807) is 30.6 Å². The molecule has 0 saturated carbocycles. The monoisotopic (exact) mass is 292 g/mol. The van der Waals surface area contributed by atoms with Gasteiger partial charge in [-0.15, -0.1) is 11.3 Å². The lowest BCUT2D eigenvalue weighted by atomic mass is 10.1. The summed E-state index contributed by atoms with van der Waals surface area (Å²) < 4.78 is 4.96. The Bertz CT molecular complexity index is 583. The fraction of sp³-hybridized carbons (Fsp3) is 0.286. The van der Waals surface area contributed by atoms with E-state index in [-0.39, 0.29) is 10.6 Å². The molecule has 0 amide bonds. The molecule has 1 aromatic carbocycles. The molecule has 0 radical (unpaired) electrons. The summed E-state index contributed by atoms with van der Waals surface area (Å²) in [5.74, 6) is 0. The van der Waals surface area contributed by atoms with E-state index in [0.29, 0.717) is 12.2 Å². The summed E-state index contributed by atoms with van der Waals surface area (Å²) in [5, 5.41) is 14.3. The summed E-state index contributed by atoms with van der Waals surface area (Å²) in [6.45, 7) is 2.20. The molecule has 0 aliphatic heterocycles. The predicted molar refractivity (Wildman–Crippen MR) is 80.0 cm³/mol. The third-order valence-corrected chi connectivity index (χ3v) is 3.93. The van der Waals surface area contributed by atoms with Gasteiger partial charge in [0.15, 0.2) is 0 Å². The normalized spacial score (nSPS) is 10.7. The second-order valence-corrected chi connectivity index (χ2v) is 5.38. The van der Waals surface area contributed by atoms with Crippen LogP contribution < -0.4 is 5.32 Å². The summed E-state index contributed by atoms with van der Waals surface area (Å²) in [6, 6.07) is 10.7. The van der Waals surface area contributed by atoms with Crippen molar-refractivity contribution in [3.05, 3.63) is 51.4 Å². The minimum atomic E-state index is -0.342. The van der Waals surface area contributed by atoms with Crippen molar-refractivity contribution in [2.45, 2.75) is 6.54 Å². The molecular weight excluding hydrogens is 276 g/mol. The molecule has 6 heteroatoms. The van der Waals surface area contributed by atoms with Gasteiger partial charge in [-0.1, -0.05) is 12.1 Å². The lowest BCUT2D eigenvalue weighted by molar-refractivity contribution is -0.384. The van der Waals surface area contributed by atoms with Crippen molar-refractivity contribution in [1.82, 2.24) is 5.32 Å². The minimum Gasteiger partial charge on any atom is -0.383 e. The van der Waals surface area contributed by atoms with E-state index < -0.39 is 0 Å². The second-order valence-electron chi connectivity index (χ2n) is 4.21. The van der Waals surface area contributed by atoms with E-state index in [0.717, 1.165) is 22.8 Å². The summed E-state index contributed by atoms with van der Waals surface area (Å²) >= 11 is 1.57. The maximum atomic E-state index is 11.0. The number of ether oxygens (including phenoxy) is 1. The highest BCUT2D eigenvalue weighted by Gasteiger charge is 2.15. The van der Waals surface area contributed by atoms with E-state index in [4.69, 9.17) is 4.74 Å². The van der Waals surface area contributed by atoms with Crippen LogP contribution in [0.15, 0.2) is 36.4 Å². The number of benzene rings is 1. The van der Waals surface area contributed by atoms with E-state index in [1.165, 1.54) is 6.07 Å². The maximum absolute atomic E-state index is 11.0. The summed E-state index contributed by atoms with van der Waals surface area (Å²) in [5.41, 5.74) is 0.818. The molecule has 0 saturated heterocycles. The third kappa shape index (κ3) is 3.63. The van der Waals surface area contributed by atoms with Crippen molar-refractivity contribution >= 4 is 17.0 Å². The molecular formula is C14H16N2O3S. The number of methoxy groups -OCH3 is 1.